The van der Waals surface area contributed by atoms with Gasteiger partial charge in [-0.25, -0.2) is 17.2 Å². The smallest absolute Gasteiger partial charge is 0.319 e. The van der Waals surface area contributed by atoms with Crippen LogP contribution in [0.15, 0.2) is 36.9 Å². The van der Waals surface area contributed by atoms with Gasteiger partial charge in [-0.15, -0.1) is 0 Å². The van der Waals surface area contributed by atoms with Gasteiger partial charge in [0.25, 0.3) is 0 Å². The van der Waals surface area contributed by atoms with Gasteiger partial charge in [0.2, 0.25) is 5.91 Å². The van der Waals surface area contributed by atoms with Crippen molar-refractivity contribution in [2.24, 2.45) is 0 Å². The average Bonchev–Trinajstić information content (AvgIpc) is 2.95. The van der Waals surface area contributed by atoms with Gasteiger partial charge in [0, 0.05) is 56.8 Å². The topological polar surface area (TPSA) is 116 Å². The summed E-state index contributed by atoms with van der Waals surface area (Å²) in [4.78, 5) is 26.3. The van der Waals surface area contributed by atoms with E-state index >= 15 is 4.39 Å². The molecule has 0 aliphatic carbocycles. The van der Waals surface area contributed by atoms with E-state index in [0.717, 1.165) is 6.07 Å². The minimum atomic E-state index is -3.03. The lowest BCUT2D eigenvalue weighted by Crippen LogP contribution is -2.48. The van der Waals surface area contributed by atoms with Crippen molar-refractivity contribution in [3.63, 3.8) is 0 Å². The van der Waals surface area contributed by atoms with Gasteiger partial charge in [-0.05, 0) is 24.3 Å². The Kier molecular flexibility index (Phi) is 8.30. The number of phenols is 1. The molecular formula is C27H28ClF2N5O5S. The van der Waals surface area contributed by atoms with Crippen molar-refractivity contribution < 1.29 is 31.8 Å². The highest BCUT2D eigenvalue weighted by molar-refractivity contribution is 7.91. The van der Waals surface area contributed by atoms with Gasteiger partial charge >= 0.3 is 6.01 Å². The van der Waals surface area contributed by atoms with Crippen LogP contribution in [-0.2, 0) is 14.6 Å². The molecule has 14 heteroatoms. The Morgan fingerprint density at radius 3 is 2.46 bits per heavy atom. The number of anilines is 1. The summed E-state index contributed by atoms with van der Waals surface area (Å²) >= 11 is 6.48. The van der Waals surface area contributed by atoms with E-state index in [1.54, 1.807) is 4.90 Å². The second kappa shape index (κ2) is 11.7. The van der Waals surface area contributed by atoms with E-state index in [4.69, 9.17) is 16.3 Å². The molecule has 3 aromatic rings. The number of ether oxygens (including phenoxy) is 1. The number of aromatic hydroxyl groups is 1. The fraction of sp³-hybridized carbons (Fsp3) is 0.370. The molecule has 1 N–H and O–H groups in total. The monoisotopic (exact) mass is 607 g/mol. The van der Waals surface area contributed by atoms with Gasteiger partial charge in [-0.1, -0.05) is 24.2 Å². The minimum absolute atomic E-state index is 0.0710. The fourth-order valence-corrected chi connectivity index (χ4v) is 6.53. The summed E-state index contributed by atoms with van der Waals surface area (Å²) in [6.45, 7) is 6.32. The van der Waals surface area contributed by atoms with Gasteiger partial charge in [0.05, 0.1) is 22.1 Å². The highest BCUT2D eigenvalue weighted by atomic mass is 35.5. The number of carbonyl (C=O) groups is 1. The van der Waals surface area contributed by atoms with Crippen LogP contribution in [0.5, 0.6) is 11.8 Å². The van der Waals surface area contributed by atoms with Crippen molar-refractivity contribution >= 4 is 44.1 Å². The van der Waals surface area contributed by atoms with Crippen molar-refractivity contribution in [2.75, 3.05) is 68.8 Å². The molecule has 0 atom stereocenters. The maximum atomic E-state index is 16.1. The van der Waals surface area contributed by atoms with Crippen LogP contribution in [0, 0.1) is 11.6 Å². The molecule has 0 unspecified atom stereocenters. The van der Waals surface area contributed by atoms with Gasteiger partial charge in [0.15, 0.2) is 15.7 Å². The standard InChI is InChI=1S/C27H28ClF2N5O5S/c1-2-21(37)34-6-8-35(9-7-34)26-17-16-18(28)22(23-19(29)4-3-5-20(23)36)24(30)25(17)31-27(32-26)40-13-10-33-11-14-41(38,39)15-12-33/h2-5,16,36H,1,6-15H2. The predicted molar refractivity (Wildman–Crippen MR) is 151 cm³/mol. The number of benzene rings is 2. The van der Waals surface area contributed by atoms with Gasteiger partial charge < -0.3 is 19.6 Å². The van der Waals surface area contributed by atoms with E-state index in [1.807, 2.05) is 9.80 Å². The largest absolute Gasteiger partial charge is 0.507 e. The molecule has 10 nitrogen and oxygen atoms in total. The van der Waals surface area contributed by atoms with Crippen molar-refractivity contribution in [3.05, 3.63) is 53.6 Å². The van der Waals surface area contributed by atoms with E-state index < -0.39 is 32.8 Å². The van der Waals surface area contributed by atoms with Crippen LogP contribution in [0.3, 0.4) is 0 Å². The van der Waals surface area contributed by atoms with Crippen molar-refractivity contribution in [1.29, 1.82) is 0 Å². The second-order valence-corrected chi connectivity index (χ2v) is 12.5. The summed E-state index contributed by atoms with van der Waals surface area (Å²) in [7, 11) is -3.03. The lowest BCUT2D eigenvalue weighted by atomic mass is 10.0. The third-order valence-electron chi connectivity index (χ3n) is 7.23. The first-order chi connectivity index (χ1) is 19.6. The van der Waals surface area contributed by atoms with Crippen LogP contribution in [0.25, 0.3) is 22.0 Å². The number of piperazine rings is 1. The molecule has 0 bridgehead atoms. The molecule has 2 saturated heterocycles. The summed E-state index contributed by atoms with van der Waals surface area (Å²) in [5.41, 5.74) is -0.918. The number of carbonyl (C=O) groups excluding carboxylic acids is 1. The molecule has 2 aliphatic rings. The van der Waals surface area contributed by atoms with E-state index in [-0.39, 0.29) is 51.5 Å². The quantitative estimate of drug-likeness (QED) is 0.405. The third-order valence-corrected chi connectivity index (χ3v) is 9.13. The van der Waals surface area contributed by atoms with Crippen LogP contribution in [-0.4, -0.2) is 103 Å². The first-order valence-electron chi connectivity index (χ1n) is 13.0. The minimum Gasteiger partial charge on any atom is -0.507 e. The van der Waals surface area contributed by atoms with Crippen LogP contribution in [0.2, 0.25) is 5.02 Å². The number of hydrogen-bond donors (Lipinski definition) is 1. The Bertz CT molecular complexity index is 1580. The van der Waals surface area contributed by atoms with Gasteiger partial charge in [-0.3, -0.25) is 9.69 Å². The number of rotatable bonds is 7. The molecule has 1 amide bonds. The SMILES string of the molecule is C=CC(=O)N1CCN(c2nc(OCCN3CCS(=O)(=O)CC3)nc3c(F)c(-c4c(O)cccc4F)c(Cl)cc23)CC1. The molecule has 218 valence electrons. The first-order valence-corrected chi connectivity index (χ1v) is 15.2. The predicted octanol–water partition coefficient (Wildman–Crippen LogP) is 2.88. The summed E-state index contributed by atoms with van der Waals surface area (Å²) in [5.74, 6) is -2.03. The number of fused-ring (bicyclic) bond motifs is 1. The molecule has 1 aromatic heterocycles. The van der Waals surface area contributed by atoms with E-state index in [9.17, 15) is 22.7 Å². The lowest BCUT2D eigenvalue weighted by molar-refractivity contribution is -0.126. The number of aromatic nitrogens is 2. The maximum absolute atomic E-state index is 16.1. The molecule has 5 rings (SSSR count). The van der Waals surface area contributed by atoms with Gasteiger partial charge in [0.1, 0.15) is 29.5 Å². The first kappa shape index (κ1) is 29.0. The third kappa shape index (κ3) is 6.07. The Hall–Kier alpha value is -3.55. The van der Waals surface area contributed by atoms with Crippen LogP contribution in [0.1, 0.15) is 0 Å². The molecule has 0 radical (unpaired) electrons. The molecule has 2 fully saturated rings. The van der Waals surface area contributed by atoms with Crippen molar-refractivity contribution in [3.8, 4) is 22.9 Å². The molecule has 0 spiro atoms. The number of phenolic OH excluding ortho intramolecular Hbond substituents is 1. The van der Waals surface area contributed by atoms with Crippen LogP contribution >= 0.6 is 11.6 Å². The number of amides is 1. The Labute approximate surface area is 240 Å². The summed E-state index contributed by atoms with van der Waals surface area (Å²) in [5, 5.41) is 10.4. The Morgan fingerprint density at radius 2 is 1.80 bits per heavy atom. The molecule has 41 heavy (non-hydrogen) atoms. The maximum Gasteiger partial charge on any atom is 0.319 e. The number of hydrogen-bond acceptors (Lipinski definition) is 9. The zero-order valence-electron chi connectivity index (χ0n) is 22.0. The van der Waals surface area contributed by atoms with E-state index in [1.165, 1.54) is 24.3 Å². The van der Waals surface area contributed by atoms with E-state index in [0.29, 0.717) is 51.6 Å². The Morgan fingerprint density at radius 1 is 1.10 bits per heavy atom. The number of halogens is 3. The zero-order chi connectivity index (χ0) is 29.3. The molecule has 2 aliphatic heterocycles. The second-order valence-electron chi connectivity index (χ2n) is 9.77. The molecule has 0 saturated carbocycles. The van der Waals surface area contributed by atoms with Crippen LogP contribution in [0.4, 0.5) is 14.6 Å². The zero-order valence-corrected chi connectivity index (χ0v) is 23.6. The normalized spacial score (nSPS) is 17.5. The molecular weight excluding hydrogens is 580 g/mol. The number of nitrogens with zero attached hydrogens (tertiary/aromatic N) is 5. The molecule has 2 aromatic carbocycles. The Balaban J connectivity index is 1.51. The highest BCUT2D eigenvalue weighted by Crippen LogP contribution is 2.42. The summed E-state index contributed by atoms with van der Waals surface area (Å²) in [6.07, 6.45) is 1.24. The van der Waals surface area contributed by atoms with Crippen molar-refractivity contribution in [2.45, 2.75) is 0 Å². The highest BCUT2D eigenvalue weighted by Gasteiger charge is 2.28. The van der Waals surface area contributed by atoms with E-state index in [2.05, 4.69) is 16.5 Å². The lowest BCUT2D eigenvalue weighted by Gasteiger charge is -2.35. The average molecular weight is 608 g/mol. The summed E-state index contributed by atoms with van der Waals surface area (Å²) in [6, 6.07) is 4.91. The molecule has 3 heterocycles. The van der Waals surface area contributed by atoms with Crippen LogP contribution < -0.4 is 9.64 Å². The summed E-state index contributed by atoms with van der Waals surface area (Å²) < 4.78 is 60.1. The van der Waals surface area contributed by atoms with Crippen molar-refractivity contribution in [1.82, 2.24) is 19.8 Å². The fourth-order valence-electron chi connectivity index (χ4n) is 4.96. The number of sulfone groups is 1. The van der Waals surface area contributed by atoms with Gasteiger partial charge in [-0.2, -0.15) is 9.97 Å².